The van der Waals surface area contributed by atoms with Gasteiger partial charge in [-0.25, -0.2) is 9.80 Å². The number of carbonyl (C=O) groups excluding carboxylic acids is 1. The largest absolute Gasteiger partial charge is 0.623 e. The number of nitrogens with zero attached hydrogens (tertiary/aromatic N) is 2. The first kappa shape index (κ1) is 8.99. The molecule has 1 heterocycles. The van der Waals surface area contributed by atoms with E-state index in [9.17, 15) is 15.2 Å². The molecular weight excluding hydrogens is 160 g/mol. The number of hydrogen-bond donors (Lipinski definition) is 1. The minimum Gasteiger partial charge on any atom is -0.623 e. The molecule has 0 atom stereocenters. The molecule has 0 unspecified atom stereocenters. The van der Waals surface area contributed by atoms with E-state index in [0.29, 0.717) is 15.5 Å². The summed E-state index contributed by atoms with van der Waals surface area (Å²) in [5, 5.41) is 21.0. The van der Waals surface area contributed by atoms with Gasteiger partial charge < -0.3 is 5.21 Å². The Morgan fingerprint density at radius 2 is 2.17 bits per heavy atom. The van der Waals surface area contributed by atoms with E-state index in [4.69, 9.17) is 0 Å². The Labute approximate surface area is 70.4 Å². The van der Waals surface area contributed by atoms with Crippen molar-refractivity contribution in [2.24, 2.45) is 0 Å². The van der Waals surface area contributed by atoms with Gasteiger partial charge in [-0.3, -0.25) is 10.0 Å². The van der Waals surface area contributed by atoms with Crippen LogP contribution in [-0.4, -0.2) is 38.7 Å². The van der Waals surface area contributed by atoms with E-state index >= 15 is 0 Å². The molecule has 0 saturated heterocycles. The summed E-state index contributed by atoms with van der Waals surface area (Å²) in [6.45, 7) is 4.53. The van der Waals surface area contributed by atoms with Crippen LogP contribution in [0.15, 0.2) is 0 Å². The average molecular weight is 172 g/mol. The molecule has 1 aliphatic heterocycles. The fourth-order valence-corrected chi connectivity index (χ4v) is 1.08. The molecule has 5 nitrogen and oxygen atoms in total. The lowest BCUT2D eigenvalue weighted by atomic mass is 9.97. The number of carbonyl (C=O) groups is 1. The van der Waals surface area contributed by atoms with Crippen LogP contribution in [-0.2, 0) is 4.79 Å². The van der Waals surface area contributed by atoms with Crippen molar-refractivity contribution in [2.45, 2.75) is 26.3 Å². The summed E-state index contributed by atoms with van der Waals surface area (Å²) in [4.78, 5) is 11.0. The summed E-state index contributed by atoms with van der Waals surface area (Å²) in [5.74, 6) is -0.569. The summed E-state index contributed by atoms with van der Waals surface area (Å²) in [5.41, 5.74) is -0.457. The van der Waals surface area contributed by atoms with E-state index in [2.05, 4.69) is 0 Å². The Morgan fingerprint density at radius 1 is 1.67 bits per heavy atom. The van der Waals surface area contributed by atoms with Crippen LogP contribution >= 0.6 is 0 Å². The van der Waals surface area contributed by atoms with Crippen LogP contribution in [0.3, 0.4) is 0 Å². The molecule has 1 amide bonds. The number of hydrogen-bond acceptors (Lipinski definition) is 3. The zero-order valence-corrected chi connectivity index (χ0v) is 7.37. The van der Waals surface area contributed by atoms with Crippen molar-refractivity contribution in [1.29, 1.82) is 0 Å². The lowest BCUT2D eigenvalue weighted by Gasteiger charge is -2.35. The number of rotatable bonds is 0. The van der Waals surface area contributed by atoms with E-state index in [-0.39, 0.29) is 6.54 Å². The lowest BCUT2D eigenvalue weighted by Crippen LogP contribution is -2.58. The Kier molecular flexibility index (Phi) is 1.83. The van der Waals surface area contributed by atoms with Gasteiger partial charge in [-0.2, -0.15) is 0 Å². The third-order valence-electron chi connectivity index (χ3n) is 2.30. The summed E-state index contributed by atoms with van der Waals surface area (Å²) >= 11 is 0. The molecule has 68 valence electrons. The van der Waals surface area contributed by atoms with Crippen LogP contribution in [0.25, 0.3) is 0 Å². The highest BCUT2D eigenvalue weighted by Gasteiger charge is 2.42. The molecule has 0 aromatic carbocycles. The predicted octanol–water partition coefficient (Wildman–Crippen LogP) is -0.0324. The monoisotopic (exact) mass is 172 g/mol. The second kappa shape index (κ2) is 2.45. The van der Waals surface area contributed by atoms with Crippen molar-refractivity contribution in [1.82, 2.24) is 5.06 Å². The van der Waals surface area contributed by atoms with Crippen LogP contribution < -0.4 is 0 Å². The van der Waals surface area contributed by atoms with Gasteiger partial charge in [-0.1, -0.05) is 0 Å². The van der Waals surface area contributed by atoms with Gasteiger partial charge in [0.1, 0.15) is 5.54 Å². The predicted molar refractivity (Wildman–Crippen MR) is 41.9 cm³/mol. The van der Waals surface area contributed by atoms with Gasteiger partial charge in [0.2, 0.25) is 6.54 Å². The topological polar surface area (TPSA) is 66.6 Å². The molecule has 1 aliphatic rings. The van der Waals surface area contributed by atoms with Gasteiger partial charge in [-0.15, -0.1) is 0 Å². The zero-order chi connectivity index (χ0) is 9.52. The highest BCUT2D eigenvalue weighted by Crippen LogP contribution is 2.17. The second-order valence-electron chi connectivity index (χ2n) is 3.39. The van der Waals surface area contributed by atoms with Gasteiger partial charge in [-0.05, 0) is 13.8 Å². The molecule has 12 heavy (non-hydrogen) atoms. The first-order chi connectivity index (χ1) is 5.37. The summed E-state index contributed by atoms with van der Waals surface area (Å²) in [7, 11) is 0. The van der Waals surface area contributed by atoms with Gasteiger partial charge in [0, 0.05) is 6.92 Å². The molecule has 1 rings (SSSR count). The van der Waals surface area contributed by atoms with Crippen LogP contribution in [0.4, 0.5) is 0 Å². The highest BCUT2D eigenvalue weighted by molar-refractivity contribution is 5.93. The third-order valence-corrected chi connectivity index (χ3v) is 2.30. The van der Waals surface area contributed by atoms with E-state index in [1.807, 2.05) is 0 Å². The molecule has 5 heteroatoms. The Morgan fingerprint density at radius 3 is 2.67 bits per heavy atom. The fourth-order valence-electron chi connectivity index (χ4n) is 1.08. The molecule has 0 aromatic heterocycles. The van der Waals surface area contributed by atoms with Crippen molar-refractivity contribution in [3.63, 3.8) is 0 Å². The Balaban J connectivity index is 3.14. The third kappa shape index (κ3) is 1.06. The maximum atomic E-state index is 11.1. The number of amides is 1. The van der Waals surface area contributed by atoms with Gasteiger partial charge >= 0.3 is 5.91 Å². The van der Waals surface area contributed by atoms with Gasteiger partial charge in [0.15, 0.2) is 5.71 Å². The normalized spacial score (nSPS) is 23.3. The van der Waals surface area contributed by atoms with E-state index < -0.39 is 11.4 Å². The fraction of sp³-hybridized carbons (Fsp3) is 0.714. The molecule has 0 fully saturated rings. The quantitative estimate of drug-likeness (QED) is 0.317. The smallest absolute Gasteiger partial charge is 0.313 e. The molecule has 0 spiro atoms. The maximum Gasteiger partial charge on any atom is 0.313 e. The molecule has 0 radical (unpaired) electrons. The van der Waals surface area contributed by atoms with Crippen molar-refractivity contribution in [2.75, 3.05) is 6.54 Å². The lowest BCUT2D eigenvalue weighted by molar-refractivity contribution is -0.462. The van der Waals surface area contributed by atoms with Crippen LogP contribution in [0.2, 0.25) is 0 Å². The van der Waals surface area contributed by atoms with Crippen LogP contribution in [0.1, 0.15) is 20.8 Å². The van der Waals surface area contributed by atoms with Crippen LogP contribution in [0, 0.1) is 5.21 Å². The molecule has 0 aliphatic carbocycles. The molecular formula is C7H12N2O3. The van der Waals surface area contributed by atoms with Crippen LogP contribution in [0.5, 0.6) is 0 Å². The summed E-state index contributed by atoms with van der Waals surface area (Å²) in [6.07, 6.45) is 0. The zero-order valence-electron chi connectivity index (χ0n) is 7.37. The van der Waals surface area contributed by atoms with Crippen molar-refractivity contribution in [3.05, 3.63) is 5.21 Å². The Hall–Kier alpha value is -1.10. The van der Waals surface area contributed by atoms with Gasteiger partial charge in [0.25, 0.3) is 0 Å². The molecule has 1 N–H and O–H groups in total. The SMILES string of the molecule is CC1=[N+]([O-])CC(=O)N(O)C1(C)C. The summed E-state index contributed by atoms with van der Waals surface area (Å²) in [6, 6.07) is 0. The van der Waals surface area contributed by atoms with E-state index in [1.165, 1.54) is 0 Å². The molecule has 0 saturated carbocycles. The maximum absolute atomic E-state index is 11.1. The van der Waals surface area contributed by atoms with Crippen molar-refractivity contribution in [3.8, 4) is 0 Å². The average Bonchev–Trinajstić information content (AvgIpc) is 1.99. The second-order valence-corrected chi connectivity index (χ2v) is 3.39. The van der Waals surface area contributed by atoms with Crippen molar-refractivity contribution < 1.29 is 14.7 Å². The minimum atomic E-state index is -0.892. The minimum absolute atomic E-state index is 0.300. The summed E-state index contributed by atoms with van der Waals surface area (Å²) < 4.78 is 0.606. The Bertz CT molecular complexity index is 257. The standard InChI is InChI=1S/C7H12N2O3/c1-5-7(2,3)9(12)6(10)4-8(5)11/h12H,4H2,1-3H3. The van der Waals surface area contributed by atoms with Crippen molar-refractivity contribution >= 4 is 11.6 Å². The molecule has 0 bridgehead atoms. The first-order valence-electron chi connectivity index (χ1n) is 3.68. The first-order valence-corrected chi connectivity index (χ1v) is 3.68. The van der Waals surface area contributed by atoms with E-state index in [1.54, 1.807) is 20.8 Å². The molecule has 0 aromatic rings. The highest BCUT2D eigenvalue weighted by atomic mass is 16.5. The number of hydroxylamine groups is 3. The van der Waals surface area contributed by atoms with Gasteiger partial charge in [0.05, 0.1) is 0 Å². The van der Waals surface area contributed by atoms with E-state index in [0.717, 1.165) is 0 Å².